The number of carbonyl (C=O) groups is 1. The molecule has 1 aliphatic heterocycles. The topological polar surface area (TPSA) is 60.0 Å². The SMILES string of the molecule is COCCOCCOCCCNC(=O)[C@@H]1CCCCN1Cc1cccc(C)c1. The van der Waals surface area contributed by atoms with Crippen molar-refractivity contribution in [2.24, 2.45) is 0 Å². The van der Waals surface area contributed by atoms with Crippen LogP contribution in [0.3, 0.4) is 0 Å². The molecule has 0 radical (unpaired) electrons. The molecular weight excluding hydrogens is 356 g/mol. The van der Waals surface area contributed by atoms with Crippen molar-refractivity contribution in [2.75, 3.05) is 53.2 Å². The van der Waals surface area contributed by atoms with E-state index in [0.29, 0.717) is 39.6 Å². The number of hydrogen-bond donors (Lipinski definition) is 1. The molecule has 0 bridgehead atoms. The first-order valence-corrected chi connectivity index (χ1v) is 10.4. The molecule has 1 aromatic carbocycles. The highest BCUT2D eigenvalue weighted by Crippen LogP contribution is 2.20. The first-order chi connectivity index (χ1) is 13.7. The van der Waals surface area contributed by atoms with E-state index in [1.807, 2.05) is 0 Å². The van der Waals surface area contributed by atoms with Crippen molar-refractivity contribution >= 4 is 5.91 Å². The highest BCUT2D eigenvalue weighted by atomic mass is 16.5. The van der Waals surface area contributed by atoms with Gasteiger partial charge in [0.15, 0.2) is 0 Å². The highest BCUT2D eigenvalue weighted by molar-refractivity contribution is 5.81. The van der Waals surface area contributed by atoms with Gasteiger partial charge in [0, 0.05) is 26.8 Å². The summed E-state index contributed by atoms with van der Waals surface area (Å²) in [6.07, 6.45) is 4.03. The van der Waals surface area contributed by atoms with E-state index in [9.17, 15) is 4.79 Å². The summed E-state index contributed by atoms with van der Waals surface area (Å²) in [5, 5.41) is 3.09. The van der Waals surface area contributed by atoms with Crippen LogP contribution in [-0.2, 0) is 25.5 Å². The van der Waals surface area contributed by atoms with Gasteiger partial charge in [-0.2, -0.15) is 0 Å². The summed E-state index contributed by atoms with van der Waals surface area (Å²) in [7, 11) is 1.66. The van der Waals surface area contributed by atoms with E-state index < -0.39 is 0 Å². The maximum Gasteiger partial charge on any atom is 0.237 e. The number of piperidine rings is 1. The van der Waals surface area contributed by atoms with Crippen molar-refractivity contribution in [1.29, 1.82) is 0 Å². The van der Waals surface area contributed by atoms with E-state index in [1.165, 1.54) is 11.1 Å². The monoisotopic (exact) mass is 392 g/mol. The molecular formula is C22H36N2O4. The Kier molecular flexibility index (Phi) is 11.1. The Morgan fingerprint density at radius 1 is 1.14 bits per heavy atom. The molecule has 1 aromatic rings. The molecule has 6 nitrogen and oxygen atoms in total. The Morgan fingerprint density at radius 2 is 1.93 bits per heavy atom. The van der Waals surface area contributed by atoms with Crippen LogP contribution < -0.4 is 5.32 Å². The Morgan fingerprint density at radius 3 is 2.71 bits per heavy atom. The lowest BCUT2D eigenvalue weighted by atomic mass is 10.00. The van der Waals surface area contributed by atoms with E-state index in [-0.39, 0.29) is 11.9 Å². The van der Waals surface area contributed by atoms with Crippen LogP contribution in [0.1, 0.15) is 36.8 Å². The number of benzene rings is 1. The third-order valence-corrected chi connectivity index (χ3v) is 4.95. The fourth-order valence-electron chi connectivity index (χ4n) is 3.49. The Balaban J connectivity index is 1.63. The van der Waals surface area contributed by atoms with Crippen LogP contribution in [-0.4, -0.2) is 70.1 Å². The third kappa shape index (κ3) is 8.69. The van der Waals surface area contributed by atoms with Crippen LogP contribution in [0, 0.1) is 6.92 Å². The van der Waals surface area contributed by atoms with Gasteiger partial charge in [-0.3, -0.25) is 9.69 Å². The lowest BCUT2D eigenvalue weighted by Gasteiger charge is -2.34. The van der Waals surface area contributed by atoms with Crippen molar-refractivity contribution in [3.63, 3.8) is 0 Å². The van der Waals surface area contributed by atoms with E-state index >= 15 is 0 Å². The number of nitrogens with zero attached hydrogens (tertiary/aromatic N) is 1. The minimum atomic E-state index is -0.0237. The number of ether oxygens (including phenoxy) is 3. The molecule has 1 N–H and O–H groups in total. The quantitative estimate of drug-likeness (QED) is 0.523. The number of aryl methyl sites for hydroxylation is 1. The zero-order valence-corrected chi connectivity index (χ0v) is 17.5. The largest absolute Gasteiger partial charge is 0.382 e. The molecule has 0 aromatic heterocycles. The van der Waals surface area contributed by atoms with Crippen LogP contribution in [0.5, 0.6) is 0 Å². The molecule has 1 aliphatic rings. The number of rotatable bonds is 13. The third-order valence-electron chi connectivity index (χ3n) is 4.95. The van der Waals surface area contributed by atoms with E-state index in [1.54, 1.807) is 7.11 Å². The van der Waals surface area contributed by atoms with Crippen LogP contribution in [0.2, 0.25) is 0 Å². The summed E-state index contributed by atoms with van der Waals surface area (Å²) in [5.74, 6) is 0.148. The number of methoxy groups -OCH3 is 1. The van der Waals surface area contributed by atoms with Gasteiger partial charge in [-0.25, -0.2) is 0 Å². The van der Waals surface area contributed by atoms with Crippen molar-refractivity contribution in [3.8, 4) is 0 Å². The molecule has 0 unspecified atom stereocenters. The molecule has 158 valence electrons. The minimum Gasteiger partial charge on any atom is -0.382 e. The van der Waals surface area contributed by atoms with Gasteiger partial charge in [-0.1, -0.05) is 36.2 Å². The Hall–Kier alpha value is -1.47. The molecule has 0 aliphatic carbocycles. The van der Waals surface area contributed by atoms with Crippen LogP contribution in [0.25, 0.3) is 0 Å². The summed E-state index contributed by atoms with van der Waals surface area (Å²) in [6, 6.07) is 8.53. The first-order valence-electron chi connectivity index (χ1n) is 10.4. The molecule has 0 spiro atoms. The number of nitrogens with one attached hydrogen (secondary N) is 1. The van der Waals surface area contributed by atoms with Gasteiger partial charge in [0.1, 0.15) is 0 Å². The lowest BCUT2D eigenvalue weighted by Crippen LogP contribution is -2.49. The van der Waals surface area contributed by atoms with Gasteiger partial charge < -0.3 is 19.5 Å². The van der Waals surface area contributed by atoms with Gasteiger partial charge in [0.25, 0.3) is 0 Å². The molecule has 0 saturated carbocycles. The maximum atomic E-state index is 12.7. The predicted molar refractivity (Wildman–Crippen MR) is 110 cm³/mol. The zero-order chi connectivity index (χ0) is 20.0. The summed E-state index contributed by atoms with van der Waals surface area (Å²) >= 11 is 0. The first kappa shape index (κ1) is 22.8. The van der Waals surface area contributed by atoms with E-state index in [2.05, 4.69) is 41.4 Å². The second-order valence-electron chi connectivity index (χ2n) is 7.33. The highest BCUT2D eigenvalue weighted by Gasteiger charge is 2.28. The number of hydrogen-bond acceptors (Lipinski definition) is 5. The molecule has 28 heavy (non-hydrogen) atoms. The van der Waals surface area contributed by atoms with Gasteiger partial charge in [-0.05, 0) is 38.3 Å². The van der Waals surface area contributed by atoms with Crippen LogP contribution in [0.4, 0.5) is 0 Å². The van der Waals surface area contributed by atoms with Crippen molar-refractivity contribution in [3.05, 3.63) is 35.4 Å². The number of likely N-dealkylation sites (tertiary alicyclic amines) is 1. The van der Waals surface area contributed by atoms with Crippen molar-refractivity contribution in [2.45, 2.75) is 45.2 Å². The summed E-state index contributed by atoms with van der Waals surface area (Å²) in [6.45, 7) is 7.56. The summed E-state index contributed by atoms with van der Waals surface area (Å²) in [4.78, 5) is 15.0. The molecule has 1 amide bonds. The van der Waals surface area contributed by atoms with Gasteiger partial charge >= 0.3 is 0 Å². The second kappa shape index (κ2) is 13.7. The van der Waals surface area contributed by atoms with Gasteiger partial charge in [-0.15, -0.1) is 0 Å². The average molecular weight is 393 g/mol. The van der Waals surface area contributed by atoms with Gasteiger partial charge in [0.2, 0.25) is 5.91 Å². The smallest absolute Gasteiger partial charge is 0.237 e. The fourth-order valence-corrected chi connectivity index (χ4v) is 3.49. The van der Waals surface area contributed by atoms with E-state index in [4.69, 9.17) is 14.2 Å². The molecule has 6 heteroatoms. The van der Waals surface area contributed by atoms with Crippen molar-refractivity contribution in [1.82, 2.24) is 10.2 Å². The Labute approximate surface area is 169 Å². The molecule has 1 saturated heterocycles. The second-order valence-corrected chi connectivity index (χ2v) is 7.33. The number of amides is 1. The maximum absolute atomic E-state index is 12.7. The molecule has 1 fully saturated rings. The van der Waals surface area contributed by atoms with Crippen LogP contribution >= 0.6 is 0 Å². The predicted octanol–water partition coefficient (Wildman–Crippen LogP) is 2.54. The normalized spacial score (nSPS) is 17.6. The standard InChI is InChI=1S/C22H36N2O4/c1-19-7-5-8-20(17-19)18-24-11-4-3-9-21(24)22(25)23-10-6-12-27-15-16-28-14-13-26-2/h5,7-8,17,21H,3-4,6,9-16,18H2,1-2H3,(H,23,25)/t21-/m0/s1. The zero-order valence-electron chi connectivity index (χ0n) is 17.5. The summed E-state index contributed by atoms with van der Waals surface area (Å²) in [5.41, 5.74) is 2.54. The molecule has 2 rings (SSSR count). The molecule has 1 atom stereocenters. The van der Waals surface area contributed by atoms with Gasteiger partial charge in [0.05, 0.1) is 32.5 Å². The van der Waals surface area contributed by atoms with Crippen LogP contribution in [0.15, 0.2) is 24.3 Å². The minimum absolute atomic E-state index is 0.0237. The number of carbonyl (C=O) groups excluding carboxylic acids is 1. The van der Waals surface area contributed by atoms with E-state index in [0.717, 1.165) is 38.8 Å². The Bertz CT molecular complexity index is 567. The fraction of sp³-hybridized carbons (Fsp3) is 0.682. The summed E-state index contributed by atoms with van der Waals surface area (Å²) < 4.78 is 15.8. The lowest BCUT2D eigenvalue weighted by molar-refractivity contribution is -0.127. The average Bonchev–Trinajstić information content (AvgIpc) is 2.70. The molecule has 1 heterocycles. The van der Waals surface area contributed by atoms with Crippen molar-refractivity contribution < 1.29 is 19.0 Å².